The predicted molar refractivity (Wildman–Crippen MR) is 76.1 cm³/mol. The van der Waals surface area contributed by atoms with Crippen LogP contribution in [-0.4, -0.2) is 36.5 Å². The number of aliphatic carboxylic acids is 1. The van der Waals surface area contributed by atoms with Crippen molar-refractivity contribution in [1.29, 1.82) is 0 Å². The minimum atomic E-state index is -4.40. The molecule has 2 aromatic rings. The Hall–Kier alpha value is -1.44. The van der Waals surface area contributed by atoms with Gasteiger partial charge in [-0.1, -0.05) is 17.7 Å². The van der Waals surface area contributed by atoms with Gasteiger partial charge in [0, 0.05) is 6.42 Å². The van der Waals surface area contributed by atoms with E-state index in [2.05, 4.69) is 4.98 Å². The van der Waals surface area contributed by atoms with Crippen molar-refractivity contribution in [3.63, 3.8) is 0 Å². The highest BCUT2D eigenvalue weighted by Crippen LogP contribution is 2.39. The Labute approximate surface area is 124 Å². The van der Waals surface area contributed by atoms with Gasteiger partial charge in [-0.2, -0.15) is 0 Å². The third kappa shape index (κ3) is 3.61. The van der Waals surface area contributed by atoms with Crippen LogP contribution in [0, 0.1) is 0 Å². The zero-order valence-electron chi connectivity index (χ0n) is 10.7. The fourth-order valence-corrected chi connectivity index (χ4v) is 2.91. The monoisotopic (exact) mass is 333 g/mol. The van der Waals surface area contributed by atoms with Crippen molar-refractivity contribution in [2.45, 2.75) is 18.7 Å². The van der Waals surface area contributed by atoms with Crippen LogP contribution in [-0.2, 0) is 22.1 Å². The molecule has 1 aromatic heterocycles. The van der Waals surface area contributed by atoms with Crippen LogP contribution in [0.15, 0.2) is 18.2 Å². The van der Waals surface area contributed by atoms with E-state index in [0.717, 1.165) is 0 Å². The molecule has 0 radical (unpaired) electrons. The number of fused-ring (bicyclic) bond motifs is 1. The molecule has 0 amide bonds. The number of nitrogens with zero attached hydrogens (tertiary/aromatic N) is 2. The number of rotatable bonds is 5. The Bertz CT molecular complexity index is 741. The Morgan fingerprint density at radius 3 is 2.71 bits per heavy atom. The Kier molecular flexibility index (Phi) is 4.36. The number of hydrogen-bond donors (Lipinski definition) is 4. The fourth-order valence-electron chi connectivity index (χ4n) is 1.97. The molecular weight excluding hydrogens is 321 g/mol. The average molecular weight is 334 g/mol. The Morgan fingerprint density at radius 2 is 2.14 bits per heavy atom. The molecule has 0 aliphatic carbocycles. The largest absolute Gasteiger partial charge is 0.480 e. The van der Waals surface area contributed by atoms with E-state index in [1.54, 1.807) is 18.2 Å². The summed E-state index contributed by atoms with van der Waals surface area (Å²) in [6.45, 7) is 0. The second-order valence-electron chi connectivity index (χ2n) is 4.52. The molecule has 2 rings (SSSR count). The van der Waals surface area contributed by atoms with Crippen LogP contribution in [0.3, 0.4) is 0 Å². The van der Waals surface area contributed by atoms with Crippen LogP contribution in [0.4, 0.5) is 0 Å². The van der Waals surface area contributed by atoms with E-state index in [-0.39, 0.29) is 17.3 Å². The number of halogens is 1. The van der Waals surface area contributed by atoms with Crippen molar-refractivity contribution in [3.05, 3.63) is 29.0 Å². The van der Waals surface area contributed by atoms with Gasteiger partial charge >= 0.3 is 13.6 Å². The summed E-state index contributed by atoms with van der Waals surface area (Å²) in [4.78, 5) is 33.4. The number of carboxylic acids is 1. The first-order valence-corrected chi connectivity index (χ1v) is 8.03. The maximum absolute atomic E-state index is 11.3. The first-order valence-electron chi connectivity index (χ1n) is 5.85. The zero-order chi connectivity index (χ0) is 15.8. The molecule has 114 valence electrons. The van der Waals surface area contributed by atoms with Crippen LogP contribution in [0.25, 0.3) is 11.0 Å². The molecule has 1 aromatic carbocycles. The summed E-state index contributed by atoms with van der Waals surface area (Å²) in [5, 5.41) is 9.12. The summed E-state index contributed by atoms with van der Waals surface area (Å²) in [6.07, 6.45) is -0.810. The van der Waals surface area contributed by atoms with Gasteiger partial charge in [0.05, 0.1) is 16.1 Å². The van der Waals surface area contributed by atoms with Gasteiger partial charge in [-0.15, -0.1) is 0 Å². The number of nitrogens with two attached hydrogens (primary N) is 1. The van der Waals surface area contributed by atoms with Gasteiger partial charge in [0.1, 0.15) is 18.2 Å². The minimum absolute atomic E-state index is 0.163. The summed E-state index contributed by atoms with van der Waals surface area (Å²) < 4.78 is 12.5. The van der Waals surface area contributed by atoms with Crippen molar-refractivity contribution in [2.75, 3.05) is 0 Å². The highest BCUT2D eigenvalue weighted by molar-refractivity contribution is 7.50. The summed E-state index contributed by atoms with van der Waals surface area (Å²) >= 11 is 6.04. The van der Waals surface area contributed by atoms with E-state index in [1.807, 2.05) is 0 Å². The lowest BCUT2D eigenvalue weighted by molar-refractivity contribution is -0.138. The zero-order valence-corrected chi connectivity index (χ0v) is 12.3. The number of benzene rings is 1. The normalized spacial score (nSPS) is 13.5. The third-order valence-corrected chi connectivity index (χ3v) is 3.80. The summed E-state index contributed by atoms with van der Waals surface area (Å²) in [7, 11) is -4.40. The second kappa shape index (κ2) is 5.75. The maximum atomic E-state index is 11.3. The van der Waals surface area contributed by atoms with Crippen molar-refractivity contribution in [2.24, 2.45) is 5.73 Å². The standard InChI is InChI=1S/C11H13ClN3O5P/c12-6-2-1-3-8-10(6)15(5-21(18,19)20)9(14-8)4-7(13)11(16)17/h1-3,7H,4-5,13H2,(H,16,17)(H2,18,19,20). The number of imidazole rings is 1. The highest BCUT2D eigenvalue weighted by atomic mass is 35.5. The number of hydrogen-bond acceptors (Lipinski definition) is 4. The molecule has 0 saturated carbocycles. The van der Waals surface area contributed by atoms with E-state index >= 15 is 0 Å². The molecule has 21 heavy (non-hydrogen) atoms. The topological polar surface area (TPSA) is 139 Å². The van der Waals surface area contributed by atoms with Gasteiger partial charge in [0.2, 0.25) is 0 Å². The lowest BCUT2D eigenvalue weighted by atomic mass is 10.2. The minimum Gasteiger partial charge on any atom is -0.480 e. The number of para-hydroxylation sites is 1. The molecule has 0 saturated heterocycles. The van der Waals surface area contributed by atoms with E-state index in [1.165, 1.54) is 4.57 Å². The fraction of sp³-hybridized carbons (Fsp3) is 0.273. The maximum Gasteiger partial charge on any atom is 0.345 e. The molecule has 0 aliphatic rings. The molecule has 1 unspecified atom stereocenters. The third-order valence-electron chi connectivity index (χ3n) is 2.84. The highest BCUT2D eigenvalue weighted by Gasteiger charge is 2.24. The van der Waals surface area contributed by atoms with Gasteiger partial charge in [0.15, 0.2) is 0 Å². The molecule has 5 N–H and O–H groups in total. The summed E-state index contributed by atoms with van der Waals surface area (Å²) in [6, 6.07) is 3.59. The van der Waals surface area contributed by atoms with Crippen LogP contribution >= 0.6 is 19.2 Å². The summed E-state index contributed by atoms with van der Waals surface area (Å²) in [5.41, 5.74) is 6.22. The molecule has 10 heteroatoms. The molecule has 8 nitrogen and oxygen atoms in total. The van der Waals surface area contributed by atoms with Crippen molar-refractivity contribution < 1.29 is 24.3 Å². The summed E-state index contributed by atoms with van der Waals surface area (Å²) in [5.74, 6) is -1.06. The lowest BCUT2D eigenvalue weighted by Gasteiger charge is -2.12. The quantitative estimate of drug-likeness (QED) is 0.593. The Morgan fingerprint density at radius 1 is 1.48 bits per heavy atom. The molecular formula is C11H13ClN3O5P. The molecule has 1 heterocycles. The number of carboxylic acid groups (broad SMARTS) is 1. The van der Waals surface area contributed by atoms with Crippen molar-refractivity contribution >= 4 is 36.2 Å². The molecule has 1 atom stereocenters. The first kappa shape index (κ1) is 15.9. The molecule has 0 spiro atoms. The van der Waals surface area contributed by atoms with Crippen molar-refractivity contribution in [1.82, 2.24) is 9.55 Å². The van der Waals surface area contributed by atoms with E-state index < -0.39 is 25.9 Å². The average Bonchev–Trinajstić information content (AvgIpc) is 2.66. The van der Waals surface area contributed by atoms with E-state index in [9.17, 15) is 19.1 Å². The van der Waals surface area contributed by atoms with Gasteiger partial charge in [-0.25, -0.2) is 4.98 Å². The van der Waals surface area contributed by atoms with Gasteiger partial charge in [-0.3, -0.25) is 9.36 Å². The molecule has 0 fully saturated rings. The second-order valence-corrected chi connectivity index (χ2v) is 6.54. The SMILES string of the molecule is NC(Cc1nc2cccc(Cl)c2n1CP(=O)(O)O)C(=O)O. The van der Waals surface area contributed by atoms with Gasteiger partial charge in [-0.05, 0) is 12.1 Å². The number of aromatic nitrogens is 2. The van der Waals surface area contributed by atoms with Crippen LogP contribution in [0.1, 0.15) is 5.82 Å². The van der Waals surface area contributed by atoms with Gasteiger partial charge < -0.3 is 25.2 Å². The molecule has 0 bridgehead atoms. The Balaban J connectivity index is 2.58. The molecule has 0 aliphatic heterocycles. The number of carbonyl (C=O) groups is 1. The van der Waals surface area contributed by atoms with Crippen LogP contribution in [0.5, 0.6) is 0 Å². The van der Waals surface area contributed by atoms with Crippen LogP contribution in [0.2, 0.25) is 5.02 Å². The van der Waals surface area contributed by atoms with E-state index in [4.69, 9.17) is 22.4 Å². The smallest absolute Gasteiger partial charge is 0.345 e. The van der Waals surface area contributed by atoms with Crippen molar-refractivity contribution in [3.8, 4) is 0 Å². The lowest BCUT2D eigenvalue weighted by Crippen LogP contribution is -2.33. The van der Waals surface area contributed by atoms with Crippen LogP contribution < -0.4 is 5.73 Å². The van der Waals surface area contributed by atoms with E-state index in [0.29, 0.717) is 11.0 Å². The first-order chi connectivity index (χ1) is 9.69. The van der Waals surface area contributed by atoms with Gasteiger partial charge in [0.25, 0.3) is 0 Å². The predicted octanol–water partition coefficient (Wildman–Crippen LogP) is 0.779.